The predicted octanol–water partition coefficient (Wildman–Crippen LogP) is 1.27. The van der Waals surface area contributed by atoms with E-state index in [0.717, 1.165) is 32.1 Å². The highest BCUT2D eigenvalue weighted by Crippen LogP contribution is 2.39. The van der Waals surface area contributed by atoms with Crippen LogP contribution in [0, 0.1) is 5.41 Å². The summed E-state index contributed by atoms with van der Waals surface area (Å²) in [5.41, 5.74) is 4.54. The number of hydrogen-bond acceptors (Lipinski definition) is 3. The van der Waals surface area contributed by atoms with E-state index < -0.39 is 11.4 Å². The topological polar surface area (TPSA) is 92.4 Å². The molecule has 5 heteroatoms. The maximum atomic E-state index is 11.8. The lowest BCUT2D eigenvalue weighted by Gasteiger charge is -2.32. The second-order valence-corrected chi connectivity index (χ2v) is 5.17. The van der Waals surface area contributed by atoms with Crippen molar-refractivity contribution in [3.63, 3.8) is 0 Å². The highest BCUT2D eigenvalue weighted by molar-refractivity contribution is 5.85. The molecule has 4 N–H and O–H groups in total. The summed E-state index contributed by atoms with van der Waals surface area (Å²) in [5.74, 6) is -0.962. The molecule has 18 heavy (non-hydrogen) atoms. The molecular weight excluding hydrogens is 232 g/mol. The number of carbonyl (C=O) groups is 2. The fraction of sp³-hybridized carbons (Fsp3) is 0.846. The lowest BCUT2D eigenvalue weighted by atomic mass is 9.71. The van der Waals surface area contributed by atoms with E-state index in [1.165, 1.54) is 0 Å². The third-order valence-corrected chi connectivity index (χ3v) is 3.72. The molecule has 0 unspecified atom stereocenters. The summed E-state index contributed by atoms with van der Waals surface area (Å²) in [7, 11) is 0. The summed E-state index contributed by atoms with van der Waals surface area (Å²) in [5, 5.41) is 12.1. The van der Waals surface area contributed by atoms with Crippen molar-refractivity contribution < 1.29 is 14.7 Å². The van der Waals surface area contributed by atoms with Crippen LogP contribution in [-0.4, -0.2) is 30.1 Å². The van der Waals surface area contributed by atoms with Crippen LogP contribution in [0.1, 0.15) is 51.4 Å². The molecule has 1 saturated carbocycles. The lowest BCUT2D eigenvalue weighted by molar-refractivity contribution is -0.154. The minimum atomic E-state index is -0.823. The van der Waals surface area contributed by atoms with Crippen molar-refractivity contribution in [2.75, 3.05) is 13.1 Å². The zero-order valence-corrected chi connectivity index (χ0v) is 10.9. The summed E-state index contributed by atoms with van der Waals surface area (Å²) in [4.78, 5) is 23.2. The van der Waals surface area contributed by atoms with Crippen LogP contribution in [-0.2, 0) is 9.59 Å². The van der Waals surface area contributed by atoms with Gasteiger partial charge in [-0.1, -0.05) is 19.3 Å². The van der Waals surface area contributed by atoms with E-state index in [2.05, 4.69) is 5.32 Å². The van der Waals surface area contributed by atoms with Gasteiger partial charge in [-0.25, -0.2) is 0 Å². The van der Waals surface area contributed by atoms with Crippen LogP contribution in [0.5, 0.6) is 0 Å². The maximum Gasteiger partial charge on any atom is 0.310 e. The second kappa shape index (κ2) is 7.36. The lowest BCUT2D eigenvalue weighted by Crippen LogP contribution is -2.39. The van der Waals surface area contributed by atoms with Gasteiger partial charge in [0.2, 0.25) is 5.91 Å². The standard InChI is InChI=1S/C13H24N2O3/c14-8-4-5-9-15-11(16)10-13(12(17)18)6-2-1-3-7-13/h1-10,14H2,(H,15,16)(H,17,18). The number of amides is 1. The Kier molecular flexibility index (Phi) is 6.12. The van der Waals surface area contributed by atoms with E-state index in [1.807, 2.05) is 0 Å². The number of carboxylic acid groups (broad SMARTS) is 1. The number of hydrogen-bond donors (Lipinski definition) is 3. The Balaban J connectivity index is 2.41. The molecule has 0 bridgehead atoms. The first-order chi connectivity index (χ1) is 8.60. The largest absolute Gasteiger partial charge is 0.481 e. The minimum absolute atomic E-state index is 0.116. The Morgan fingerprint density at radius 3 is 2.39 bits per heavy atom. The zero-order chi connectivity index (χ0) is 13.4. The monoisotopic (exact) mass is 256 g/mol. The van der Waals surface area contributed by atoms with E-state index in [9.17, 15) is 14.7 Å². The van der Waals surface area contributed by atoms with Crippen molar-refractivity contribution in [3.05, 3.63) is 0 Å². The van der Waals surface area contributed by atoms with Gasteiger partial charge in [0, 0.05) is 13.0 Å². The third kappa shape index (κ3) is 4.29. The molecule has 0 spiro atoms. The van der Waals surface area contributed by atoms with E-state index in [4.69, 9.17) is 5.73 Å². The van der Waals surface area contributed by atoms with Crippen molar-refractivity contribution in [2.24, 2.45) is 11.1 Å². The van der Waals surface area contributed by atoms with Crippen LogP contribution in [0.15, 0.2) is 0 Å². The molecule has 0 heterocycles. The molecule has 0 atom stereocenters. The van der Waals surface area contributed by atoms with Gasteiger partial charge >= 0.3 is 5.97 Å². The number of carbonyl (C=O) groups excluding carboxylic acids is 1. The fourth-order valence-corrected chi connectivity index (χ4v) is 2.56. The number of aliphatic carboxylic acids is 1. The highest BCUT2D eigenvalue weighted by atomic mass is 16.4. The van der Waals surface area contributed by atoms with Crippen molar-refractivity contribution >= 4 is 11.9 Å². The van der Waals surface area contributed by atoms with E-state index in [1.54, 1.807) is 0 Å². The first-order valence-electron chi connectivity index (χ1n) is 6.81. The fourth-order valence-electron chi connectivity index (χ4n) is 2.56. The summed E-state index contributed by atoms with van der Waals surface area (Å²) < 4.78 is 0. The highest BCUT2D eigenvalue weighted by Gasteiger charge is 2.41. The van der Waals surface area contributed by atoms with E-state index in [0.29, 0.717) is 25.9 Å². The number of nitrogens with two attached hydrogens (primary N) is 1. The molecule has 1 amide bonds. The Morgan fingerprint density at radius 1 is 1.17 bits per heavy atom. The van der Waals surface area contributed by atoms with Crippen molar-refractivity contribution in [1.29, 1.82) is 0 Å². The molecule has 0 aromatic carbocycles. The Morgan fingerprint density at radius 2 is 1.83 bits per heavy atom. The Hall–Kier alpha value is -1.10. The molecule has 0 radical (unpaired) electrons. The quantitative estimate of drug-likeness (QED) is 0.598. The summed E-state index contributed by atoms with van der Waals surface area (Å²) in [6.07, 6.45) is 5.99. The molecule has 0 aromatic rings. The van der Waals surface area contributed by atoms with Gasteiger partial charge in [0.15, 0.2) is 0 Å². The normalized spacial score (nSPS) is 18.3. The number of nitrogens with one attached hydrogen (secondary N) is 1. The number of unbranched alkanes of at least 4 members (excludes halogenated alkanes) is 1. The van der Waals surface area contributed by atoms with Gasteiger partial charge in [-0.05, 0) is 32.2 Å². The molecule has 0 aromatic heterocycles. The molecule has 0 aliphatic heterocycles. The van der Waals surface area contributed by atoms with Crippen molar-refractivity contribution in [3.8, 4) is 0 Å². The molecule has 5 nitrogen and oxygen atoms in total. The van der Waals surface area contributed by atoms with E-state index >= 15 is 0 Å². The van der Waals surface area contributed by atoms with Crippen LogP contribution in [0.25, 0.3) is 0 Å². The molecule has 104 valence electrons. The van der Waals surface area contributed by atoms with Crippen molar-refractivity contribution in [2.45, 2.75) is 51.4 Å². The first-order valence-corrected chi connectivity index (χ1v) is 6.81. The molecule has 1 aliphatic carbocycles. The van der Waals surface area contributed by atoms with Crippen LogP contribution < -0.4 is 11.1 Å². The van der Waals surface area contributed by atoms with Crippen molar-refractivity contribution in [1.82, 2.24) is 5.32 Å². The van der Waals surface area contributed by atoms with Crippen LogP contribution in [0.3, 0.4) is 0 Å². The third-order valence-electron chi connectivity index (χ3n) is 3.72. The van der Waals surface area contributed by atoms with Gasteiger partial charge < -0.3 is 16.2 Å². The zero-order valence-electron chi connectivity index (χ0n) is 10.9. The average molecular weight is 256 g/mol. The summed E-state index contributed by atoms with van der Waals surface area (Å²) >= 11 is 0. The summed E-state index contributed by atoms with van der Waals surface area (Å²) in [6, 6.07) is 0. The first kappa shape index (κ1) is 15.0. The van der Waals surface area contributed by atoms with Gasteiger partial charge in [-0.15, -0.1) is 0 Å². The maximum absolute atomic E-state index is 11.8. The van der Waals surface area contributed by atoms with Gasteiger partial charge in [-0.2, -0.15) is 0 Å². The molecule has 1 fully saturated rings. The molecular formula is C13H24N2O3. The van der Waals surface area contributed by atoms with Gasteiger partial charge in [0.05, 0.1) is 5.41 Å². The minimum Gasteiger partial charge on any atom is -0.481 e. The number of carboxylic acids is 1. The smallest absolute Gasteiger partial charge is 0.310 e. The second-order valence-electron chi connectivity index (χ2n) is 5.17. The van der Waals surface area contributed by atoms with Crippen LogP contribution >= 0.6 is 0 Å². The van der Waals surface area contributed by atoms with Gasteiger partial charge in [0.25, 0.3) is 0 Å². The molecule has 1 rings (SSSR count). The van der Waals surface area contributed by atoms with Crippen LogP contribution in [0.2, 0.25) is 0 Å². The Labute approximate surface area is 108 Å². The molecule has 0 saturated heterocycles. The molecule has 1 aliphatic rings. The van der Waals surface area contributed by atoms with E-state index in [-0.39, 0.29) is 12.3 Å². The summed E-state index contributed by atoms with van der Waals surface area (Å²) in [6.45, 7) is 1.21. The SMILES string of the molecule is NCCCCNC(=O)CC1(C(=O)O)CCCCC1. The predicted molar refractivity (Wildman–Crippen MR) is 69.1 cm³/mol. The Bertz CT molecular complexity index is 286. The van der Waals surface area contributed by atoms with Gasteiger partial charge in [0.1, 0.15) is 0 Å². The van der Waals surface area contributed by atoms with Gasteiger partial charge in [-0.3, -0.25) is 9.59 Å². The number of rotatable bonds is 7. The van der Waals surface area contributed by atoms with Crippen LogP contribution in [0.4, 0.5) is 0 Å². The average Bonchev–Trinajstić information content (AvgIpc) is 2.35.